The van der Waals surface area contributed by atoms with Crippen LogP contribution in [0.5, 0.6) is 0 Å². The van der Waals surface area contributed by atoms with Crippen LogP contribution in [0.25, 0.3) is 0 Å². The number of esters is 1. The number of hydrogen-bond acceptors (Lipinski definition) is 4. The summed E-state index contributed by atoms with van der Waals surface area (Å²) in [4.78, 5) is 25.2. The van der Waals surface area contributed by atoms with Gasteiger partial charge < -0.3 is 14.4 Å². The third-order valence-electron chi connectivity index (χ3n) is 4.08. The first-order valence-electron chi connectivity index (χ1n) is 6.99. The number of carbonyl (C=O) groups excluding carboxylic acids is 2. The quantitative estimate of drug-likeness (QED) is 0.800. The van der Waals surface area contributed by atoms with E-state index < -0.39 is 5.41 Å². The molecule has 0 aromatic heterocycles. The van der Waals surface area contributed by atoms with E-state index in [-0.39, 0.29) is 24.6 Å². The highest BCUT2D eigenvalue weighted by Gasteiger charge is 2.46. The molecule has 1 aliphatic rings. The summed E-state index contributed by atoms with van der Waals surface area (Å²) in [5, 5.41) is 0. The number of ether oxygens (including phenoxy) is 2. The Bertz CT molecular complexity index is 506. The molecule has 0 aliphatic carbocycles. The van der Waals surface area contributed by atoms with Crippen LogP contribution < -0.4 is 0 Å². The van der Waals surface area contributed by atoms with Crippen LogP contribution in [0, 0.1) is 11.3 Å². The fraction of sp³-hybridized carbons (Fsp3) is 0.500. The number of benzene rings is 1. The number of rotatable bonds is 4. The van der Waals surface area contributed by atoms with Crippen LogP contribution in [0.15, 0.2) is 30.3 Å². The minimum atomic E-state index is -0.578. The molecule has 1 aliphatic heterocycles. The van der Waals surface area contributed by atoms with E-state index >= 15 is 0 Å². The topological polar surface area (TPSA) is 55.8 Å². The molecule has 0 spiro atoms. The van der Waals surface area contributed by atoms with Gasteiger partial charge in [0.25, 0.3) is 0 Å². The molecule has 0 saturated carbocycles. The summed E-state index contributed by atoms with van der Waals surface area (Å²) in [5.41, 5.74) is 0.378. The highest BCUT2D eigenvalue weighted by Crippen LogP contribution is 2.35. The fourth-order valence-electron chi connectivity index (χ4n) is 2.32. The van der Waals surface area contributed by atoms with Gasteiger partial charge in [0.15, 0.2) is 0 Å². The van der Waals surface area contributed by atoms with Gasteiger partial charge in [0.1, 0.15) is 6.61 Å². The Balaban J connectivity index is 1.79. The van der Waals surface area contributed by atoms with Crippen molar-refractivity contribution < 1.29 is 19.1 Å². The minimum Gasteiger partial charge on any atom is -0.469 e. The molecule has 1 fully saturated rings. The molecule has 5 nitrogen and oxygen atoms in total. The van der Waals surface area contributed by atoms with Crippen molar-refractivity contribution in [2.45, 2.75) is 20.5 Å². The number of likely N-dealkylation sites (tertiary alicyclic amines) is 1. The second kappa shape index (κ2) is 6.16. The van der Waals surface area contributed by atoms with Crippen molar-refractivity contribution in [3.63, 3.8) is 0 Å². The molecule has 5 heteroatoms. The molecular formula is C16H21NO4. The van der Waals surface area contributed by atoms with Crippen LogP contribution in [0.4, 0.5) is 4.79 Å². The lowest BCUT2D eigenvalue weighted by Crippen LogP contribution is -2.57. The minimum absolute atomic E-state index is 0.106. The van der Waals surface area contributed by atoms with Crippen LogP contribution in [0.2, 0.25) is 0 Å². The van der Waals surface area contributed by atoms with Crippen molar-refractivity contribution in [3.8, 4) is 0 Å². The predicted molar refractivity (Wildman–Crippen MR) is 77.5 cm³/mol. The van der Waals surface area contributed by atoms with E-state index in [1.165, 1.54) is 7.11 Å². The molecular weight excluding hydrogens is 270 g/mol. The summed E-state index contributed by atoms with van der Waals surface area (Å²) in [7, 11) is 1.38. The number of amides is 1. The third kappa shape index (κ3) is 3.35. The molecule has 1 aromatic rings. The standard InChI is InChI=1S/C16H21NO4/c1-16(2,14(18)20-3)13-9-17(10-13)15(19)21-11-12-7-5-4-6-8-12/h4-8,13H,9-11H2,1-3H3. The largest absolute Gasteiger partial charge is 0.469 e. The number of carbonyl (C=O) groups is 2. The van der Waals surface area contributed by atoms with Gasteiger partial charge in [0, 0.05) is 19.0 Å². The zero-order chi connectivity index (χ0) is 15.5. The molecule has 1 heterocycles. The summed E-state index contributed by atoms with van der Waals surface area (Å²) >= 11 is 0. The second-order valence-electron chi connectivity index (χ2n) is 5.86. The van der Waals surface area contributed by atoms with Gasteiger partial charge in [0.05, 0.1) is 12.5 Å². The average Bonchev–Trinajstić information content (AvgIpc) is 2.43. The SMILES string of the molecule is COC(=O)C(C)(C)C1CN(C(=O)OCc2ccccc2)C1. The molecule has 1 aromatic carbocycles. The maximum absolute atomic E-state index is 11.9. The molecule has 114 valence electrons. The van der Waals surface area contributed by atoms with Crippen LogP contribution >= 0.6 is 0 Å². The molecule has 2 rings (SSSR count). The van der Waals surface area contributed by atoms with E-state index in [4.69, 9.17) is 9.47 Å². The summed E-state index contributed by atoms with van der Waals surface area (Å²) in [6.45, 7) is 5.00. The Hall–Kier alpha value is -2.04. The van der Waals surface area contributed by atoms with Crippen molar-refractivity contribution in [2.75, 3.05) is 20.2 Å². The van der Waals surface area contributed by atoms with Crippen molar-refractivity contribution in [2.24, 2.45) is 11.3 Å². The predicted octanol–water partition coefficient (Wildman–Crippen LogP) is 2.45. The van der Waals surface area contributed by atoms with Crippen molar-refractivity contribution >= 4 is 12.1 Å². The van der Waals surface area contributed by atoms with Gasteiger partial charge in [-0.05, 0) is 19.4 Å². The highest BCUT2D eigenvalue weighted by atomic mass is 16.6. The van der Waals surface area contributed by atoms with Crippen LogP contribution in [0.1, 0.15) is 19.4 Å². The van der Waals surface area contributed by atoms with Crippen molar-refractivity contribution in [1.29, 1.82) is 0 Å². The smallest absolute Gasteiger partial charge is 0.410 e. The van der Waals surface area contributed by atoms with Crippen molar-refractivity contribution in [1.82, 2.24) is 4.90 Å². The lowest BCUT2D eigenvalue weighted by molar-refractivity contribution is -0.157. The van der Waals surface area contributed by atoms with E-state index in [1.807, 2.05) is 44.2 Å². The monoisotopic (exact) mass is 291 g/mol. The number of nitrogens with zero attached hydrogens (tertiary/aromatic N) is 1. The molecule has 0 atom stereocenters. The molecule has 0 unspecified atom stereocenters. The normalized spacial score (nSPS) is 15.3. The maximum atomic E-state index is 11.9. The first-order chi connectivity index (χ1) is 9.95. The zero-order valence-corrected chi connectivity index (χ0v) is 12.7. The average molecular weight is 291 g/mol. The summed E-state index contributed by atoms with van der Waals surface area (Å²) in [6.07, 6.45) is -0.337. The highest BCUT2D eigenvalue weighted by molar-refractivity contribution is 5.77. The van der Waals surface area contributed by atoms with Gasteiger partial charge in [-0.2, -0.15) is 0 Å². The van der Waals surface area contributed by atoms with Gasteiger partial charge in [-0.1, -0.05) is 30.3 Å². The van der Waals surface area contributed by atoms with Crippen LogP contribution in [0.3, 0.4) is 0 Å². The molecule has 0 N–H and O–H groups in total. The Labute approximate surface area is 124 Å². The fourth-order valence-corrected chi connectivity index (χ4v) is 2.32. The molecule has 21 heavy (non-hydrogen) atoms. The maximum Gasteiger partial charge on any atom is 0.410 e. The lowest BCUT2D eigenvalue weighted by Gasteiger charge is -2.45. The summed E-state index contributed by atoms with van der Waals surface area (Å²) in [5.74, 6) is -0.140. The van der Waals surface area contributed by atoms with E-state index in [2.05, 4.69) is 0 Å². The Morgan fingerprint density at radius 3 is 2.43 bits per heavy atom. The summed E-state index contributed by atoms with van der Waals surface area (Å²) in [6, 6.07) is 9.54. The van der Waals surface area contributed by atoms with Gasteiger partial charge in [-0.25, -0.2) is 4.79 Å². The Morgan fingerprint density at radius 2 is 1.86 bits per heavy atom. The van der Waals surface area contributed by atoms with E-state index in [0.29, 0.717) is 13.1 Å². The zero-order valence-electron chi connectivity index (χ0n) is 12.7. The Morgan fingerprint density at radius 1 is 1.24 bits per heavy atom. The van der Waals surface area contributed by atoms with E-state index in [1.54, 1.807) is 4.90 Å². The molecule has 0 radical (unpaired) electrons. The van der Waals surface area contributed by atoms with E-state index in [9.17, 15) is 9.59 Å². The molecule has 1 saturated heterocycles. The number of methoxy groups -OCH3 is 1. The van der Waals surface area contributed by atoms with Crippen molar-refractivity contribution in [3.05, 3.63) is 35.9 Å². The Kier molecular flexibility index (Phi) is 4.50. The molecule has 0 bridgehead atoms. The first kappa shape index (κ1) is 15.4. The lowest BCUT2D eigenvalue weighted by atomic mass is 9.74. The third-order valence-corrected chi connectivity index (χ3v) is 4.08. The van der Waals surface area contributed by atoms with Gasteiger partial charge >= 0.3 is 12.1 Å². The summed E-state index contributed by atoms with van der Waals surface area (Å²) < 4.78 is 10.0. The van der Waals surface area contributed by atoms with Gasteiger partial charge in [-0.15, -0.1) is 0 Å². The van der Waals surface area contributed by atoms with E-state index in [0.717, 1.165) is 5.56 Å². The van der Waals surface area contributed by atoms with Crippen LogP contribution in [-0.2, 0) is 20.9 Å². The van der Waals surface area contributed by atoms with Gasteiger partial charge in [0.2, 0.25) is 0 Å². The second-order valence-corrected chi connectivity index (χ2v) is 5.86. The van der Waals surface area contributed by atoms with Gasteiger partial charge in [-0.3, -0.25) is 4.79 Å². The molecule has 1 amide bonds. The number of hydrogen-bond donors (Lipinski definition) is 0. The van der Waals surface area contributed by atoms with Crippen LogP contribution in [-0.4, -0.2) is 37.2 Å². The first-order valence-corrected chi connectivity index (χ1v) is 6.99.